The number of benzene rings is 1. The largest absolute Gasteiger partial charge is 0.377 e. The van der Waals surface area contributed by atoms with Crippen molar-refractivity contribution in [3.63, 3.8) is 0 Å². The molecule has 0 radical (unpaired) electrons. The molecule has 0 aliphatic carbocycles. The second-order valence-corrected chi connectivity index (χ2v) is 4.78. The Morgan fingerprint density at radius 1 is 1.20 bits per heavy atom. The summed E-state index contributed by atoms with van der Waals surface area (Å²) >= 11 is 0. The molecule has 5 nitrogen and oxygen atoms in total. The second-order valence-electron chi connectivity index (χ2n) is 4.78. The van der Waals surface area contributed by atoms with Crippen molar-refractivity contribution >= 4 is 23.2 Å². The van der Waals surface area contributed by atoms with E-state index in [0.717, 1.165) is 12.1 Å². The highest BCUT2D eigenvalue weighted by molar-refractivity contribution is 6.02. The Morgan fingerprint density at radius 2 is 1.90 bits per heavy atom. The van der Waals surface area contributed by atoms with E-state index in [9.17, 15) is 9.59 Å². The number of hydrogen-bond donors (Lipinski definition) is 2. The van der Waals surface area contributed by atoms with Crippen molar-refractivity contribution in [2.75, 3.05) is 30.9 Å². The fourth-order valence-corrected chi connectivity index (χ4v) is 1.77. The van der Waals surface area contributed by atoms with Gasteiger partial charge in [0.1, 0.15) is 0 Å². The zero-order valence-electron chi connectivity index (χ0n) is 12.6. The summed E-state index contributed by atoms with van der Waals surface area (Å²) in [6, 6.07) is 5.36. The molecule has 2 amide bonds. The molecule has 0 aliphatic rings. The van der Waals surface area contributed by atoms with Gasteiger partial charge in [0.2, 0.25) is 5.91 Å². The van der Waals surface area contributed by atoms with Gasteiger partial charge >= 0.3 is 0 Å². The number of anilines is 2. The summed E-state index contributed by atoms with van der Waals surface area (Å²) < 4.78 is 0. The van der Waals surface area contributed by atoms with Crippen molar-refractivity contribution in [2.45, 2.75) is 26.7 Å². The molecule has 1 rings (SSSR count). The first-order valence-electron chi connectivity index (χ1n) is 6.89. The third-order valence-electron chi connectivity index (χ3n) is 2.86. The van der Waals surface area contributed by atoms with E-state index in [4.69, 9.17) is 0 Å². The quantitative estimate of drug-likeness (QED) is 0.838. The maximum Gasteiger partial charge on any atom is 0.253 e. The Bertz CT molecular complexity index is 484. The van der Waals surface area contributed by atoms with E-state index >= 15 is 0 Å². The van der Waals surface area contributed by atoms with Crippen LogP contribution >= 0.6 is 0 Å². The molecule has 0 aromatic heterocycles. The molecule has 0 heterocycles. The minimum atomic E-state index is -0.122. The van der Waals surface area contributed by atoms with Crippen LogP contribution in [0.5, 0.6) is 0 Å². The summed E-state index contributed by atoms with van der Waals surface area (Å²) in [7, 11) is 3.77. The van der Waals surface area contributed by atoms with Crippen molar-refractivity contribution in [2.24, 2.45) is 0 Å². The van der Waals surface area contributed by atoms with E-state index < -0.39 is 0 Å². The van der Waals surface area contributed by atoms with Gasteiger partial charge in [0.25, 0.3) is 5.91 Å². The highest BCUT2D eigenvalue weighted by Crippen LogP contribution is 2.23. The van der Waals surface area contributed by atoms with Crippen LogP contribution < -0.4 is 15.5 Å². The molecular formula is C15H23N3O2. The van der Waals surface area contributed by atoms with Gasteiger partial charge in [0.15, 0.2) is 0 Å². The van der Waals surface area contributed by atoms with Gasteiger partial charge in [-0.2, -0.15) is 0 Å². The fourth-order valence-electron chi connectivity index (χ4n) is 1.77. The van der Waals surface area contributed by atoms with Gasteiger partial charge in [-0.1, -0.05) is 13.8 Å². The average molecular weight is 277 g/mol. The van der Waals surface area contributed by atoms with Crippen LogP contribution in [0.25, 0.3) is 0 Å². The van der Waals surface area contributed by atoms with Gasteiger partial charge in [-0.3, -0.25) is 9.59 Å². The summed E-state index contributed by atoms with van der Waals surface area (Å²) in [5.41, 5.74) is 2.04. The lowest BCUT2D eigenvalue weighted by Crippen LogP contribution is -2.26. The first-order chi connectivity index (χ1) is 9.49. The third-order valence-corrected chi connectivity index (χ3v) is 2.86. The highest BCUT2D eigenvalue weighted by Gasteiger charge is 2.14. The van der Waals surface area contributed by atoms with E-state index in [1.54, 1.807) is 19.1 Å². The SMILES string of the molecule is CCCNC(=O)c1cc(NC(=O)CC)ccc1N(C)C. The molecule has 1 aromatic rings. The van der Waals surface area contributed by atoms with Gasteiger partial charge in [-0.05, 0) is 24.6 Å². The molecule has 1 aromatic carbocycles. The molecule has 5 heteroatoms. The van der Waals surface area contributed by atoms with Crippen molar-refractivity contribution < 1.29 is 9.59 Å². The third kappa shape index (κ3) is 4.26. The summed E-state index contributed by atoms with van der Waals surface area (Å²) in [6.45, 7) is 4.43. The minimum Gasteiger partial charge on any atom is -0.377 e. The zero-order valence-corrected chi connectivity index (χ0v) is 12.6. The monoisotopic (exact) mass is 277 g/mol. The molecule has 110 valence electrons. The van der Waals surface area contributed by atoms with E-state index in [2.05, 4.69) is 10.6 Å². The van der Waals surface area contributed by atoms with Crippen LogP contribution in [0.1, 0.15) is 37.0 Å². The molecule has 0 bridgehead atoms. The fraction of sp³-hybridized carbons (Fsp3) is 0.467. The lowest BCUT2D eigenvalue weighted by Gasteiger charge is -2.18. The normalized spacial score (nSPS) is 10.0. The first-order valence-corrected chi connectivity index (χ1v) is 6.89. The van der Waals surface area contributed by atoms with Gasteiger partial charge in [-0.15, -0.1) is 0 Å². The van der Waals surface area contributed by atoms with E-state index in [1.807, 2.05) is 32.0 Å². The van der Waals surface area contributed by atoms with Crippen LogP contribution in [0.3, 0.4) is 0 Å². The van der Waals surface area contributed by atoms with Gasteiger partial charge in [-0.25, -0.2) is 0 Å². The summed E-state index contributed by atoms with van der Waals surface area (Å²) in [6.07, 6.45) is 1.29. The van der Waals surface area contributed by atoms with Crippen molar-refractivity contribution in [1.82, 2.24) is 5.32 Å². The predicted octanol–water partition coefficient (Wildman–Crippen LogP) is 2.24. The molecule has 0 fully saturated rings. The number of hydrogen-bond acceptors (Lipinski definition) is 3. The maximum absolute atomic E-state index is 12.2. The zero-order chi connectivity index (χ0) is 15.1. The Hall–Kier alpha value is -2.04. The van der Waals surface area contributed by atoms with Crippen LogP contribution in [0, 0.1) is 0 Å². The van der Waals surface area contributed by atoms with Gasteiger partial charge in [0, 0.05) is 38.4 Å². The van der Waals surface area contributed by atoms with E-state index in [0.29, 0.717) is 24.2 Å². The Kier molecular flexibility index (Phi) is 6.03. The summed E-state index contributed by atoms with van der Waals surface area (Å²) in [4.78, 5) is 25.5. The molecule has 0 saturated carbocycles. The lowest BCUT2D eigenvalue weighted by atomic mass is 10.1. The van der Waals surface area contributed by atoms with Crippen LogP contribution in [0.15, 0.2) is 18.2 Å². The van der Waals surface area contributed by atoms with Crippen molar-refractivity contribution in [3.8, 4) is 0 Å². The summed E-state index contributed by atoms with van der Waals surface area (Å²) in [5.74, 6) is -0.189. The van der Waals surface area contributed by atoms with Crippen LogP contribution in [-0.2, 0) is 4.79 Å². The minimum absolute atomic E-state index is 0.0671. The molecule has 0 atom stereocenters. The Morgan fingerprint density at radius 3 is 2.45 bits per heavy atom. The molecular weight excluding hydrogens is 254 g/mol. The number of nitrogens with one attached hydrogen (secondary N) is 2. The first kappa shape index (κ1) is 16.0. The molecule has 2 N–H and O–H groups in total. The molecule has 0 saturated heterocycles. The van der Waals surface area contributed by atoms with Crippen LogP contribution in [0.4, 0.5) is 11.4 Å². The number of carbonyl (C=O) groups excluding carboxylic acids is 2. The van der Waals surface area contributed by atoms with Crippen LogP contribution in [0.2, 0.25) is 0 Å². The van der Waals surface area contributed by atoms with Gasteiger partial charge < -0.3 is 15.5 Å². The average Bonchev–Trinajstić information content (AvgIpc) is 2.44. The number of nitrogens with zero attached hydrogens (tertiary/aromatic N) is 1. The molecule has 0 unspecified atom stereocenters. The van der Waals surface area contributed by atoms with Crippen molar-refractivity contribution in [1.29, 1.82) is 0 Å². The number of carbonyl (C=O) groups is 2. The Labute approximate surface area is 120 Å². The van der Waals surface area contributed by atoms with Crippen molar-refractivity contribution in [3.05, 3.63) is 23.8 Å². The van der Waals surface area contributed by atoms with Gasteiger partial charge in [0.05, 0.1) is 5.56 Å². The van der Waals surface area contributed by atoms with Crippen LogP contribution in [-0.4, -0.2) is 32.5 Å². The molecule has 0 aliphatic heterocycles. The maximum atomic E-state index is 12.2. The predicted molar refractivity (Wildman–Crippen MR) is 82.3 cm³/mol. The topological polar surface area (TPSA) is 61.4 Å². The number of rotatable bonds is 6. The highest BCUT2D eigenvalue weighted by atomic mass is 16.2. The lowest BCUT2D eigenvalue weighted by molar-refractivity contribution is -0.115. The second kappa shape index (κ2) is 7.53. The number of amides is 2. The standard InChI is InChI=1S/C15H23N3O2/c1-5-9-16-15(20)12-10-11(17-14(19)6-2)7-8-13(12)18(3)4/h7-8,10H,5-6,9H2,1-4H3,(H,16,20)(H,17,19). The summed E-state index contributed by atoms with van der Waals surface area (Å²) in [5, 5.41) is 5.63. The molecule has 0 spiro atoms. The van der Waals surface area contributed by atoms with E-state index in [-0.39, 0.29) is 11.8 Å². The Balaban J connectivity index is 3.05. The smallest absolute Gasteiger partial charge is 0.253 e. The molecule has 20 heavy (non-hydrogen) atoms. The van der Waals surface area contributed by atoms with E-state index in [1.165, 1.54) is 0 Å².